The van der Waals surface area contributed by atoms with Gasteiger partial charge in [0.1, 0.15) is 0 Å². The van der Waals surface area contributed by atoms with Gasteiger partial charge in [-0.25, -0.2) is 8.42 Å². The Balaban J connectivity index is 1.32. The molecule has 9 heteroatoms. The van der Waals surface area contributed by atoms with Crippen molar-refractivity contribution in [2.45, 2.75) is 62.3 Å². The maximum Gasteiger partial charge on any atom is 0.253 e. The summed E-state index contributed by atoms with van der Waals surface area (Å²) in [6.45, 7) is 1.10. The first-order valence-corrected chi connectivity index (χ1v) is 13.9. The van der Waals surface area contributed by atoms with E-state index in [1.54, 1.807) is 52.8 Å². The van der Waals surface area contributed by atoms with Crippen molar-refractivity contribution in [3.05, 3.63) is 54.1 Å². The van der Waals surface area contributed by atoms with Crippen LogP contribution in [0.1, 0.15) is 61.7 Å². The highest BCUT2D eigenvalue weighted by Gasteiger charge is 2.25. The number of para-hydroxylation sites is 1. The standard InChI is InChI=1S/C26H34N4O4S/c31-25(29-24-12-6-5-11-23(24)26(32)28-21-9-3-4-10-21)19-27-20-13-15-22(16-14-20)35(33,34)30-17-7-1-2-8-18-30/h5-6,11-16,21,27H,1-4,7-10,17-19H2,(H,28,32)(H,29,31). The fourth-order valence-corrected chi connectivity index (χ4v) is 6.19. The number of hydrogen-bond acceptors (Lipinski definition) is 5. The summed E-state index contributed by atoms with van der Waals surface area (Å²) in [5.74, 6) is -0.477. The summed E-state index contributed by atoms with van der Waals surface area (Å²) in [5.41, 5.74) is 1.55. The molecule has 0 atom stereocenters. The summed E-state index contributed by atoms with van der Waals surface area (Å²) in [6, 6.07) is 13.6. The number of anilines is 2. The van der Waals surface area contributed by atoms with Gasteiger partial charge in [0.2, 0.25) is 15.9 Å². The summed E-state index contributed by atoms with van der Waals surface area (Å²) in [7, 11) is -3.51. The second-order valence-corrected chi connectivity index (χ2v) is 11.2. The first-order valence-electron chi connectivity index (χ1n) is 12.5. The molecule has 2 aromatic carbocycles. The lowest BCUT2D eigenvalue weighted by molar-refractivity contribution is -0.114. The van der Waals surface area contributed by atoms with Crippen molar-refractivity contribution in [3.8, 4) is 0 Å². The second-order valence-electron chi connectivity index (χ2n) is 9.24. The Morgan fingerprint density at radius 2 is 1.51 bits per heavy atom. The zero-order valence-electron chi connectivity index (χ0n) is 20.0. The monoisotopic (exact) mass is 498 g/mol. The van der Waals surface area contributed by atoms with Crippen molar-refractivity contribution in [1.82, 2.24) is 9.62 Å². The largest absolute Gasteiger partial charge is 0.376 e. The van der Waals surface area contributed by atoms with Gasteiger partial charge in [-0.1, -0.05) is 37.8 Å². The molecule has 1 heterocycles. The summed E-state index contributed by atoms with van der Waals surface area (Å²) in [6.07, 6.45) is 8.13. The van der Waals surface area contributed by atoms with Gasteiger partial charge in [-0.15, -0.1) is 0 Å². The molecule has 2 aliphatic rings. The van der Waals surface area contributed by atoms with Gasteiger partial charge in [0, 0.05) is 24.8 Å². The molecule has 1 aliphatic carbocycles. The van der Waals surface area contributed by atoms with Crippen LogP contribution in [0.5, 0.6) is 0 Å². The number of nitrogens with one attached hydrogen (secondary N) is 3. The van der Waals surface area contributed by atoms with E-state index in [4.69, 9.17) is 0 Å². The quantitative estimate of drug-likeness (QED) is 0.510. The molecule has 1 saturated heterocycles. The van der Waals surface area contributed by atoms with Crippen molar-refractivity contribution in [2.75, 3.05) is 30.3 Å². The number of hydrogen-bond donors (Lipinski definition) is 3. The molecule has 0 aromatic heterocycles. The number of benzene rings is 2. The van der Waals surface area contributed by atoms with Gasteiger partial charge < -0.3 is 16.0 Å². The molecular formula is C26H34N4O4S. The van der Waals surface area contributed by atoms with E-state index in [2.05, 4.69) is 16.0 Å². The van der Waals surface area contributed by atoms with Crippen LogP contribution in [-0.4, -0.2) is 50.2 Å². The lowest BCUT2D eigenvalue weighted by atomic mass is 10.1. The zero-order valence-corrected chi connectivity index (χ0v) is 20.8. The molecule has 0 radical (unpaired) electrons. The molecule has 0 spiro atoms. The summed E-state index contributed by atoms with van der Waals surface area (Å²) in [5, 5.41) is 8.88. The molecule has 8 nitrogen and oxygen atoms in total. The van der Waals surface area contributed by atoms with Crippen LogP contribution >= 0.6 is 0 Å². The van der Waals surface area contributed by atoms with Crippen molar-refractivity contribution in [1.29, 1.82) is 0 Å². The predicted octanol–water partition coefficient (Wildman–Crippen LogP) is 3.97. The lowest BCUT2D eigenvalue weighted by Crippen LogP contribution is -2.33. The summed E-state index contributed by atoms with van der Waals surface area (Å²) < 4.78 is 27.4. The highest BCUT2D eigenvalue weighted by atomic mass is 32.2. The Hall–Kier alpha value is -2.91. The van der Waals surface area contributed by atoms with Crippen LogP contribution in [0.2, 0.25) is 0 Å². The maximum absolute atomic E-state index is 12.9. The minimum Gasteiger partial charge on any atom is -0.376 e. The van der Waals surface area contributed by atoms with Crippen molar-refractivity contribution < 1.29 is 18.0 Å². The Morgan fingerprint density at radius 3 is 2.20 bits per heavy atom. The SMILES string of the molecule is O=C(CNc1ccc(S(=O)(=O)N2CCCCCC2)cc1)Nc1ccccc1C(=O)NC1CCCC1. The Bertz CT molecular complexity index is 1120. The van der Waals surface area contributed by atoms with Crippen LogP contribution in [0.4, 0.5) is 11.4 Å². The zero-order chi connectivity index (χ0) is 24.7. The van der Waals surface area contributed by atoms with E-state index in [-0.39, 0.29) is 29.3 Å². The van der Waals surface area contributed by atoms with E-state index in [1.807, 2.05) is 0 Å². The van der Waals surface area contributed by atoms with E-state index < -0.39 is 10.0 Å². The average Bonchev–Trinajstić information content (AvgIpc) is 3.21. The van der Waals surface area contributed by atoms with Crippen LogP contribution < -0.4 is 16.0 Å². The molecule has 2 aromatic rings. The molecule has 0 bridgehead atoms. The number of carbonyl (C=O) groups excluding carboxylic acids is 2. The van der Waals surface area contributed by atoms with Crippen LogP contribution in [0, 0.1) is 0 Å². The topological polar surface area (TPSA) is 108 Å². The average molecular weight is 499 g/mol. The van der Waals surface area contributed by atoms with Gasteiger partial charge in [-0.3, -0.25) is 9.59 Å². The van der Waals surface area contributed by atoms with Gasteiger partial charge in [0.15, 0.2) is 0 Å². The van der Waals surface area contributed by atoms with Crippen molar-refractivity contribution >= 4 is 33.2 Å². The van der Waals surface area contributed by atoms with Crippen LogP contribution in [0.25, 0.3) is 0 Å². The molecule has 3 N–H and O–H groups in total. The number of sulfonamides is 1. The first-order chi connectivity index (χ1) is 16.9. The van der Waals surface area contributed by atoms with E-state index in [9.17, 15) is 18.0 Å². The molecule has 188 valence electrons. The van der Waals surface area contributed by atoms with Crippen LogP contribution in [0.15, 0.2) is 53.4 Å². The minimum absolute atomic E-state index is 0.0171. The first kappa shape index (κ1) is 25.2. The third-order valence-corrected chi connectivity index (χ3v) is 8.56. The normalized spacial score (nSPS) is 17.5. The molecule has 1 aliphatic heterocycles. The molecule has 35 heavy (non-hydrogen) atoms. The molecular weight excluding hydrogens is 464 g/mol. The summed E-state index contributed by atoms with van der Waals surface area (Å²) >= 11 is 0. The highest BCUT2D eigenvalue weighted by Crippen LogP contribution is 2.22. The van der Waals surface area contributed by atoms with E-state index in [0.717, 1.165) is 51.4 Å². The van der Waals surface area contributed by atoms with Gasteiger partial charge >= 0.3 is 0 Å². The van der Waals surface area contributed by atoms with Crippen molar-refractivity contribution in [2.24, 2.45) is 0 Å². The Labute approximate surface area is 207 Å². The number of rotatable bonds is 8. The third-order valence-electron chi connectivity index (χ3n) is 6.65. The Morgan fingerprint density at radius 1 is 0.857 bits per heavy atom. The van der Waals surface area contributed by atoms with Gasteiger partial charge in [-0.2, -0.15) is 4.31 Å². The lowest BCUT2D eigenvalue weighted by Gasteiger charge is -2.20. The number of nitrogens with zero attached hydrogens (tertiary/aromatic N) is 1. The predicted molar refractivity (Wildman–Crippen MR) is 137 cm³/mol. The van der Waals surface area contributed by atoms with E-state index in [0.29, 0.717) is 30.0 Å². The molecule has 2 fully saturated rings. The fraction of sp³-hybridized carbons (Fsp3) is 0.462. The maximum atomic E-state index is 12.9. The van der Waals surface area contributed by atoms with Crippen LogP contribution in [0.3, 0.4) is 0 Å². The minimum atomic E-state index is -3.51. The summed E-state index contributed by atoms with van der Waals surface area (Å²) in [4.78, 5) is 25.5. The number of amides is 2. The van der Waals surface area contributed by atoms with Gasteiger partial charge in [0.25, 0.3) is 5.91 Å². The smallest absolute Gasteiger partial charge is 0.253 e. The Kier molecular flexibility index (Phi) is 8.41. The molecule has 2 amide bonds. The van der Waals surface area contributed by atoms with Gasteiger partial charge in [-0.05, 0) is 62.1 Å². The molecule has 4 rings (SSSR count). The van der Waals surface area contributed by atoms with Crippen LogP contribution in [-0.2, 0) is 14.8 Å². The fourth-order valence-electron chi connectivity index (χ4n) is 4.68. The van der Waals surface area contributed by atoms with E-state index >= 15 is 0 Å². The van der Waals surface area contributed by atoms with Crippen molar-refractivity contribution in [3.63, 3.8) is 0 Å². The molecule has 1 saturated carbocycles. The number of carbonyl (C=O) groups is 2. The van der Waals surface area contributed by atoms with E-state index in [1.165, 1.54) is 0 Å². The molecule has 0 unspecified atom stereocenters. The third kappa shape index (κ3) is 6.61. The second kappa shape index (κ2) is 11.7. The highest BCUT2D eigenvalue weighted by molar-refractivity contribution is 7.89. The van der Waals surface area contributed by atoms with Gasteiger partial charge in [0.05, 0.1) is 22.7 Å².